The molecule has 0 radical (unpaired) electrons. The lowest BCUT2D eigenvalue weighted by molar-refractivity contribution is -0.121. The number of carbonyl (C=O) groups is 1. The van der Waals surface area contributed by atoms with Gasteiger partial charge >= 0.3 is 0 Å². The molecule has 3 nitrogen and oxygen atoms in total. The standard InChI is InChI=1S/C22H28N2O/c1-3-13-24-14-11-19(12-15-24)22(25)23-21-9-7-18(8-10-21)20-6-4-5-17(2)16-20/h4-10,16,19H,3,11-15H2,1-2H3,(H,23,25). The van der Waals surface area contributed by atoms with Gasteiger partial charge < -0.3 is 10.2 Å². The zero-order valence-corrected chi connectivity index (χ0v) is 15.3. The van der Waals surface area contributed by atoms with Gasteiger partial charge in [-0.05, 0) is 69.1 Å². The Morgan fingerprint density at radius 1 is 1.08 bits per heavy atom. The van der Waals surface area contributed by atoms with Crippen molar-refractivity contribution in [3.8, 4) is 11.1 Å². The molecule has 0 spiro atoms. The zero-order valence-electron chi connectivity index (χ0n) is 15.3. The lowest BCUT2D eigenvalue weighted by Gasteiger charge is -2.30. The van der Waals surface area contributed by atoms with Crippen LogP contribution in [0.15, 0.2) is 48.5 Å². The van der Waals surface area contributed by atoms with Gasteiger partial charge in [0.05, 0.1) is 0 Å². The van der Waals surface area contributed by atoms with Crippen LogP contribution in [0, 0.1) is 12.8 Å². The molecule has 0 aromatic heterocycles. The largest absolute Gasteiger partial charge is 0.326 e. The number of hydrogen-bond acceptors (Lipinski definition) is 2. The van der Waals surface area contributed by atoms with Gasteiger partial charge in [-0.25, -0.2) is 0 Å². The van der Waals surface area contributed by atoms with Gasteiger partial charge in [0.25, 0.3) is 0 Å². The molecule has 1 fully saturated rings. The van der Waals surface area contributed by atoms with Crippen LogP contribution in [0.4, 0.5) is 5.69 Å². The molecule has 0 aliphatic carbocycles. The van der Waals surface area contributed by atoms with Crippen LogP contribution in [0.2, 0.25) is 0 Å². The van der Waals surface area contributed by atoms with Gasteiger partial charge in [0.1, 0.15) is 0 Å². The van der Waals surface area contributed by atoms with Crippen molar-refractivity contribution in [1.29, 1.82) is 0 Å². The minimum atomic E-state index is 0.143. The van der Waals surface area contributed by atoms with Crippen molar-refractivity contribution >= 4 is 11.6 Å². The first kappa shape index (κ1) is 17.7. The molecule has 1 heterocycles. The predicted molar refractivity (Wildman–Crippen MR) is 105 cm³/mol. The number of anilines is 1. The lowest BCUT2D eigenvalue weighted by atomic mass is 9.95. The normalized spacial score (nSPS) is 15.9. The van der Waals surface area contributed by atoms with Crippen LogP contribution in [-0.4, -0.2) is 30.4 Å². The number of amides is 1. The maximum atomic E-state index is 12.5. The predicted octanol–water partition coefficient (Wildman–Crippen LogP) is 4.72. The van der Waals surface area contributed by atoms with E-state index in [0.717, 1.165) is 38.2 Å². The Labute approximate surface area is 151 Å². The maximum Gasteiger partial charge on any atom is 0.227 e. The molecule has 0 bridgehead atoms. The lowest BCUT2D eigenvalue weighted by Crippen LogP contribution is -2.38. The molecule has 1 aliphatic heterocycles. The SMILES string of the molecule is CCCN1CCC(C(=O)Nc2ccc(-c3cccc(C)c3)cc2)CC1. The van der Waals surface area contributed by atoms with E-state index < -0.39 is 0 Å². The molecule has 2 aromatic rings. The van der Waals surface area contributed by atoms with Crippen LogP contribution in [-0.2, 0) is 4.79 Å². The number of aryl methyl sites for hydroxylation is 1. The average Bonchev–Trinajstić information content (AvgIpc) is 2.63. The second-order valence-electron chi connectivity index (χ2n) is 7.05. The Morgan fingerprint density at radius 3 is 2.44 bits per heavy atom. The summed E-state index contributed by atoms with van der Waals surface area (Å²) in [6.45, 7) is 7.54. The second kappa shape index (κ2) is 8.30. The third kappa shape index (κ3) is 4.70. The second-order valence-corrected chi connectivity index (χ2v) is 7.05. The smallest absolute Gasteiger partial charge is 0.227 e. The molecule has 1 amide bonds. The van der Waals surface area contributed by atoms with Crippen molar-refractivity contribution in [2.24, 2.45) is 5.92 Å². The molecule has 3 rings (SSSR count). The van der Waals surface area contributed by atoms with Gasteiger partial charge in [-0.2, -0.15) is 0 Å². The van der Waals surface area contributed by atoms with Crippen molar-refractivity contribution in [2.75, 3.05) is 25.0 Å². The Kier molecular flexibility index (Phi) is 5.87. The van der Waals surface area contributed by atoms with E-state index in [1.54, 1.807) is 0 Å². The van der Waals surface area contributed by atoms with Crippen LogP contribution >= 0.6 is 0 Å². The van der Waals surface area contributed by atoms with Crippen LogP contribution in [0.1, 0.15) is 31.7 Å². The van der Waals surface area contributed by atoms with Crippen molar-refractivity contribution in [2.45, 2.75) is 33.1 Å². The molecule has 2 aromatic carbocycles. The number of rotatable bonds is 5. The first-order valence-corrected chi connectivity index (χ1v) is 9.36. The number of hydrogen-bond donors (Lipinski definition) is 1. The molecule has 25 heavy (non-hydrogen) atoms. The number of benzene rings is 2. The topological polar surface area (TPSA) is 32.3 Å². The first-order valence-electron chi connectivity index (χ1n) is 9.36. The number of nitrogens with one attached hydrogen (secondary N) is 1. The number of likely N-dealkylation sites (tertiary alicyclic amines) is 1. The Hall–Kier alpha value is -2.13. The summed E-state index contributed by atoms with van der Waals surface area (Å²) in [6, 6.07) is 16.6. The van der Waals surface area contributed by atoms with Crippen LogP contribution in [0.3, 0.4) is 0 Å². The summed E-state index contributed by atoms with van der Waals surface area (Å²) in [5.41, 5.74) is 4.53. The number of carbonyl (C=O) groups excluding carboxylic acids is 1. The summed E-state index contributed by atoms with van der Waals surface area (Å²) < 4.78 is 0. The molecule has 1 saturated heterocycles. The third-order valence-corrected chi connectivity index (χ3v) is 5.00. The maximum absolute atomic E-state index is 12.5. The van der Waals surface area contributed by atoms with Crippen LogP contribution < -0.4 is 5.32 Å². The van der Waals surface area contributed by atoms with Gasteiger partial charge in [0.15, 0.2) is 0 Å². The Balaban J connectivity index is 1.57. The molecule has 1 aliphatic rings. The minimum Gasteiger partial charge on any atom is -0.326 e. The van der Waals surface area contributed by atoms with Gasteiger partial charge in [-0.15, -0.1) is 0 Å². The molecule has 1 N–H and O–H groups in total. The van der Waals surface area contributed by atoms with Gasteiger partial charge in [0.2, 0.25) is 5.91 Å². The summed E-state index contributed by atoms with van der Waals surface area (Å²) >= 11 is 0. The van der Waals surface area contributed by atoms with E-state index in [4.69, 9.17) is 0 Å². The first-order chi connectivity index (χ1) is 12.2. The molecule has 132 valence electrons. The highest BCUT2D eigenvalue weighted by Crippen LogP contribution is 2.24. The highest BCUT2D eigenvalue weighted by molar-refractivity contribution is 5.92. The van der Waals surface area contributed by atoms with E-state index in [9.17, 15) is 4.79 Å². The van der Waals surface area contributed by atoms with Gasteiger partial charge in [-0.1, -0.05) is 48.9 Å². The van der Waals surface area contributed by atoms with Crippen LogP contribution in [0.5, 0.6) is 0 Å². The summed E-state index contributed by atoms with van der Waals surface area (Å²) in [5.74, 6) is 0.309. The fourth-order valence-electron chi connectivity index (χ4n) is 3.55. The fraction of sp³-hybridized carbons (Fsp3) is 0.409. The number of piperidine rings is 1. The molecular weight excluding hydrogens is 308 g/mol. The van der Waals surface area contributed by atoms with E-state index in [0.29, 0.717) is 0 Å². The Bertz CT molecular complexity index is 700. The van der Waals surface area contributed by atoms with E-state index in [1.165, 1.54) is 23.1 Å². The van der Waals surface area contributed by atoms with E-state index in [1.807, 2.05) is 12.1 Å². The van der Waals surface area contributed by atoms with Crippen LogP contribution in [0.25, 0.3) is 11.1 Å². The van der Waals surface area contributed by atoms with E-state index in [2.05, 4.69) is 60.5 Å². The van der Waals surface area contributed by atoms with E-state index >= 15 is 0 Å². The van der Waals surface area contributed by atoms with Crippen molar-refractivity contribution in [3.05, 3.63) is 54.1 Å². The monoisotopic (exact) mass is 336 g/mol. The minimum absolute atomic E-state index is 0.143. The third-order valence-electron chi connectivity index (χ3n) is 5.00. The molecule has 0 unspecified atom stereocenters. The highest BCUT2D eigenvalue weighted by atomic mass is 16.1. The van der Waals surface area contributed by atoms with E-state index in [-0.39, 0.29) is 11.8 Å². The fourth-order valence-corrected chi connectivity index (χ4v) is 3.55. The highest BCUT2D eigenvalue weighted by Gasteiger charge is 2.24. The summed E-state index contributed by atoms with van der Waals surface area (Å²) in [5, 5.41) is 3.09. The van der Waals surface area contributed by atoms with Gasteiger partial charge in [-0.3, -0.25) is 4.79 Å². The van der Waals surface area contributed by atoms with Crippen molar-refractivity contribution in [1.82, 2.24) is 4.90 Å². The molecular formula is C22H28N2O. The number of nitrogens with zero attached hydrogens (tertiary/aromatic N) is 1. The average molecular weight is 336 g/mol. The van der Waals surface area contributed by atoms with Crippen molar-refractivity contribution in [3.63, 3.8) is 0 Å². The van der Waals surface area contributed by atoms with Gasteiger partial charge in [0, 0.05) is 11.6 Å². The molecule has 0 saturated carbocycles. The summed E-state index contributed by atoms with van der Waals surface area (Å²) in [4.78, 5) is 15.0. The zero-order chi connectivity index (χ0) is 17.6. The quantitative estimate of drug-likeness (QED) is 0.856. The Morgan fingerprint density at radius 2 is 1.80 bits per heavy atom. The molecule has 0 atom stereocenters. The molecule has 3 heteroatoms. The summed E-state index contributed by atoms with van der Waals surface area (Å²) in [7, 11) is 0. The summed E-state index contributed by atoms with van der Waals surface area (Å²) in [6.07, 6.45) is 3.12. The van der Waals surface area contributed by atoms with Crippen molar-refractivity contribution < 1.29 is 4.79 Å².